The van der Waals surface area contributed by atoms with E-state index in [9.17, 15) is 0 Å². The summed E-state index contributed by atoms with van der Waals surface area (Å²) in [5.74, 6) is 3.22. The van der Waals surface area contributed by atoms with E-state index < -0.39 is 0 Å². The van der Waals surface area contributed by atoms with Crippen molar-refractivity contribution in [3.8, 4) is 11.4 Å². The van der Waals surface area contributed by atoms with Crippen molar-refractivity contribution in [3.05, 3.63) is 41.0 Å². The molecule has 126 valence electrons. The maximum atomic E-state index is 5.92. The van der Waals surface area contributed by atoms with E-state index in [1.807, 2.05) is 35.9 Å². The van der Waals surface area contributed by atoms with Crippen LogP contribution in [-0.2, 0) is 19.2 Å². The first kappa shape index (κ1) is 17.0. The maximum Gasteiger partial charge on any atom is 0.237 e. The molecule has 0 spiro atoms. The summed E-state index contributed by atoms with van der Waals surface area (Å²) in [6, 6.07) is 7.54. The van der Waals surface area contributed by atoms with Crippen molar-refractivity contribution < 1.29 is 4.52 Å². The van der Waals surface area contributed by atoms with Crippen LogP contribution in [0, 0.1) is 5.92 Å². The molecular formula is C16H18ClN5OS. The second kappa shape index (κ2) is 7.36. The Morgan fingerprint density at radius 1 is 1.21 bits per heavy atom. The van der Waals surface area contributed by atoms with Crippen molar-refractivity contribution in [1.29, 1.82) is 0 Å². The molecule has 3 aromatic rings. The number of halogens is 1. The lowest BCUT2D eigenvalue weighted by atomic mass is 10.1. The third kappa shape index (κ3) is 3.96. The zero-order chi connectivity index (χ0) is 17.1. The van der Waals surface area contributed by atoms with Crippen molar-refractivity contribution in [2.75, 3.05) is 0 Å². The Labute approximate surface area is 149 Å². The van der Waals surface area contributed by atoms with E-state index in [1.54, 1.807) is 0 Å². The topological polar surface area (TPSA) is 69.6 Å². The van der Waals surface area contributed by atoms with Gasteiger partial charge in [0, 0.05) is 24.1 Å². The quantitative estimate of drug-likeness (QED) is 0.616. The molecule has 0 N–H and O–H groups in total. The van der Waals surface area contributed by atoms with Gasteiger partial charge < -0.3 is 9.09 Å². The summed E-state index contributed by atoms with van der Waals surface area (Å²) in [7, 11) is 1.93. The van der Waals surface area contributed by atoms with Gasteiger partial charge in [-0.1, -0.05) is 42.4 Å². The van der Waals surface area contributed by atoms with Crippen molar-refractivity contribution in [1.82, 2.24) is 24.9 Å². The summed E-state index contributed by atoms with van der Waals surface area (Å²) in [6.45, 7) is 4.26. The molecule has 0 fully saturated rings. The van der Waals surface area contributed by atoms with Crippen LogP contribution in [0.15, 0.2) is 33.9 Å². The second-order valence-corrected chi connectivity index (χ2v) is 7.24. The lowest BCUT2D eigenvalue weighted by Crippen LogP contribution is -1.96. The number of nitrogens with zero attached hydrogens (tertiary/aromatic N) is 5. The summed E-state index contributed by atoms with van der Waals surface area (Å²) in [6.07, 6.45) is 0.818. The monoisotopic (exact) mass is 363 g/mol. The van der Waals surface area contributed by atoms with Crippen LogP contribution < -0.4 is 0 Å². The molecule has 0 saturated carbocycles. The highest BCUT2D eigenvalue weighted by atomic mass is 35.5. The van der Waals surface area contributed by atoms with E-state index >= 15 is 0 Å². The van der Waals surface area contributed by atoms with Crippen molar-refractivity contribution in [2.24, 2.45) is 13.0 Å². The van der Waals surface area contributed by atoms with Gasteiger partial charge in [0.25, 0.3) is 0 Å². The Balaban J connectivity index is 1.68. The Hall–Kier alpha value is -1.86. The Bertz CT molecular complexity index is 812. The van der Waals surface area contributed by atoms with Crippen LogP contribution in [-0.4, -0.2) is 24.9 Å². The molecule has 0 aliphatic carbocycles. The molecule has 6 nitrogen and oxygen atoms in total. The minimum Gasteiger partial charge on any atom is -0.338 e. The summed E-state index contributed by atoms with van der Waals surface area (Å²) < 4.78 is 7.22. The molecule has 0 unspecified atom stereocenters. The highest BCUT2D eigenvalue weighted by molar-refractivity contribution is 7.98. The summed E-state index contributed by atoms with van der Waals surface area (Å²) in [5, 5.41) is 14.0. The van der Waals surface area contributed by atoms with Crippen LogP contribution in [0.5, 0.6) is 0 Å². The van der Waals surface area contributed by atoms with Gasteiger partial charge >= 0.3 is 0 Å². The average molecular weight is 364 g/mol. The normalized spacial score (nSPS) is 11.4. The van der Waals surface area contributed by atoms with Gasteiger partial charge in [-0.2, -0.15) is 4.98 Å². The first-order chi connectivity index (χ1) is 11.5. The molecule has 0 saturated heterocycles. The van der Waals surface area contributed by atoms with Gasteiger partial charge in [0.1, 0.15) is 0 Å². The molecule has 0 aliphatic rings. The molecule has 2 heterocycles. The highest BCUT2D eigenvalue weighted by Gasteiger charge is 2.14. The van der Waals surface area contributed by atoms with Crippen LogP contribution in [0.25, 0.3) is 11.4 Å². The molecule has 0 atom stereocenters. The zero-order valence-electron chi connectivity index (χ0n) is 13.7. The van der Waals surface area contributed by atoms with Gasteiger partial charge in [-0.3, -0.25) is 0 Å². The van der Waals surface area contributed by atoms with E-state index in [1.165, 1.54) is 11.8 Å². The predicted molar refractivity (Wildman–Crippen MR) is 93.9 cm³/mol. The van der Waals surface area contributed by atoms with Gasteiger partial charge in [0.15, 0.2) is 16.8 Å². The molecule has 1 aromatic carbocycles. The molecule has 0 aliphatic heterocycles. The van der Waals surface area contributed by atoms with Crippen molar-refractivity contribution >= 4 is 23.4 Å². The number of rotatable bonds is 6. The first-order valence-corrected chi connectivity index (χ1v) is 8.99. The van der Waals surface area contributed by atoms with Crippen molar-refractivity contribution in [2.45, 2.75) is 31.2 Å². The van der Waals surface area contributed by atoms with Crippen LogP contribution in [0.4, 0.5) is 0 Å². The number of hydrogen-bond acceptors (Lipinski definition) is 6. The molecule has 3 rings (SSSR count). The minimum atomic E-state index is 0.503. The van der Waals surface area contributed by atoms with Gasteiger partial charge in [0.2, 0.25) is 5.89 Å². The molecule has 2 aromatic heterocycles. The summed E-state index contributed by atoms with van der Waals surface area (Å²) >= 11 is 7.44. The fourth-order valence-electron chi connectivity index (χ4n) is 2.21. The summed E-state index contributed by atoms with van der Waals surface area (Å²) in [4.78, 5) is 4.40. The SMILES string of the molecule is CC(C)Cc1noc(CSc2nnc(-c3ccc(Cl)cc3)n2C)n1. The third-order valence-corrected chi connectivity index (χ3v) is 4.62. The third-order valence-electron chi connectivity index (χ3n) is 3.36. The van der Waals surface area contributed by atoms with Gasteiger partial charge in [-0.15, -0.1) is 10.2 Å². The van der Waals surface area contributed by atoms with Crippen LogP contribution in [0.3, 0.4) is 0 Å². The zero-order valence-corrected chi connectivity index (χ0v) is 15.3. The molecule has 8 heteroatoms. The minimum absolute atomic E-state index is 0.503. The second-order valence-electron chi connectivity index (χ2n) is 5.86. The fraction of sp³-hybridized carbons (Fsp3) is 0.375. The van der Waals surface area contributed by atoms with E-state index in [-0.39, 0.29) is 0 Å². The Morgan fingerprint density at radius 3 is 2.67 bits per heavy atom. The average Bonchev–Trinajstić information content (AvgIpc) is 3.12. The molecule has 0 bridgehead atoms. The number of thioether (sulfide) groups is 1. The fourth-order valence-corrected chi connectivity index (χ4v) is 3.09. The van der Waals surface area contributed by atoms with Crippen LogP contribution >= 0.6 is 23.4 Å². The highest BCUT2D eigenvalue weighted by Crippen LogP contribution is 2.25. The Kier molecular flexibility index (Phi) is 5.20. The molecule has 24 heavy (non-hydrogen) atoms. The first-order valence-electron chi connectivity index (χ1n) is 7.62. The van der Waals surface area contributed by atoms with Crippen LogP contribution in [0.2, 0.25) is 5.02 Å². The largest absolute Gasteiger partial charge is 0.338 e. The van der Waals surface area contributed by atoms with E-state index in [2.05, 4.69) is 34.2 Å². The predicted octanol–water partition coefficient (Wildman–Crippen LogP) is 4.01. The lowest BCUT2D eigenvalue weighted by Gasteiger charge is -2.03. The Morgan fingerprint density at radius 2 is 1.96 bits per heavy atom. The molecule has 0 radical (unpaired) electrons. The smallest absolute Gasteiger partial charge is 0.237 e. The van der Waals surface area contributed by atoms with Crippen LogP contribution in [0.1, 0.15) is 25.6 Å². The molecular weight excluding hydrogens is 346 g/mol. The maximum absolute atomic E-state index is 5.92. The van der Waals surface area contributed by atoms with E-state index in [4.69, 9.17) is 16.1 Å². The number of aromatic nitrogens is 5. The van der Waals surface area contributed by atoms with Gasteiger partial charge in [-0.25, -0.2) is 0 Å². The summed E-state index contributed by atoms with van der Waals surface area (Å²) in [5.41, 5.74) is 0.971. The number of hydrogen-bond donors (Lipinski definition) is 0. The number of benzene rings is 1. The lowest BCUT2D eigenvalue weighted by molar-refractivity contribution is 0.382. The van der Waals surface area contributed by atoms with E-state index in [0.29, 0.717) is 22.6 Å². The van der Waals surface area contributed by atoms with E-state index in [0.717, 1.165) is 28.8 Å². The standard InChI is InChI=1S/C16H18ClN5OS/c1-10(2)8-13-18-14(23-21-13)9-24-16-20-19-15(22(16)3)11-4-6-12(17)7-5-11/h4-7,10H,8-9H2,1-3H3. The van der Waals surface area contributed by atoms with Gasteiger partial charge in [0.05, 0.1) is 5.75 Å². The molecule has 0 amide bonds. The van der Waals surface area contributed by atoms with Gasteiger partial charge in [-0.05, 0) is 30.2 Å². The van der Waals surface area contributed by atoms with Crippen molar-refractivity contribution in [3.63, 3.8) is 0 Å².